The molecule has 2 rings (SSSR count). The molecule has 3 heteroatoms. The van der Waals surface area contributed by atoms with Crippen LogP contribution >= 0.6 is 0 Å². The minimum Gasteiger partial charge on any atom is -0.390 e. The van der Waals surface area contributed by atoms with Crippen LogP contribution in [-0.4, -0.2) is 35.2 Å². The molecular formula is C14H22N2O. The topological polar surface area (TPSA) is 49.5 Å². The van der Waals surface area contributed by atoms with Gasteiger partial charge >= 0.3 is 0 Å². The van der Waals surface area contributed by atoms with E-state index in [-0.39, 0.29) is 6.04 Å². The molecule has 1 aliphatic heterocycles. The Hall–Kier alpha value is -0.900. The number of nitrogens with zero attached hydrogens (tertiary/aromatic N) is 1. The van der Waals surface area contributed by atoms with E-state index in [9.17, 15) is 5.11 Å². The van der Waals surface area contributed by atoms with Crippen molar-refractivity contribution in [2.24, 2.45) is 11.7 Å². The van der Waals surface area contributed by atoms with Crippen LogP contribution in [0.2, 0.25) is 0 Å². The Morgan fingerprint density at radius 2 is 2.06 bits per heavy atom. The Morgan fingerprint density at radius 3 is 2.76 bits per heavy atom. The molecule has 1 heterocycles. The van der Waals surface area contributed by atoms with Crippen LogP contribution < -0.4 is 5.73 Å². The number of benzene rings is 1. The first-order valence-electron chi connectivity index (χ1n) is 6.36. The van der Waals surface area contributed by atoms with Gasteiger partial charge in [0.2, 0.25) is 0 Å². The summed E-state index contributed by atoms with van der Waals surface area (Å²) in [4.78, 5) is 2.30. The van der Waals surface area contributed by atoms with Crippen LogP contribution in [-0.2, 0) is 6.54 Å². The van der Waals surface area contributed by atoms with Crippen LogP contribution in [0.3, 0.4) is 0 Å². The highest BCUT2D eigenvalue weighted by Gasteiger charge is 2.27. The van der Waals surface area contributed by atoms with Crippen LogP contribution in [0.15, 0.2) is 30.3 Å². The maximum atomic E-state index is 10.0. The van der Waals surface area contributed by atoms with E-state index in [0.29, 0.717) is 12.5 Å². The normalized spacial score (nSPS) is 31.1. The van der Waals surface area contributed by atoms with Gasteiger partial charge in [0.25, 0.3) is 0 Å². The second-order valence-corrected chi connectivity index (χ2v) is 5.13. The van der Waals surface area contributed by atoms with Gasteiger partial charge in [-0.3, -0.25) is 4.90 Å². The first kappa shape index (κ1) is 12.6. The van der Waals surface area contributed by atoms with Gasteiger partial charge in [-0.1, -0.05) is 37.3 Å². The minimum atomic E-state index is -0.406. The standard InChI is InChI=1S/C14H22N2O/c1-11-7-8-16(10-13(17)14(11)15)9-12-5-3-2-4-6-12/h2-6,11,13-14,17H,7-10,15H2,1H3/t11-,13+,14+/m1/s1. The molecule has 0 amide bonds. The molecule has 0 spiro atoms. The van der Waals surface area contributed by atoms with Crippen LogP contribution in [0, 0.1) is 5.92 Å². The predicted octanol–water partition coefficient (Wildman–Crippen LogP) is 1.22. The summed E-state index contributed by atoms with van der Waals surface area (Å²) in [6.07, 6.45) is 0.654. The van der Waals surface area contributed by atoms with E-state index in [1.807, 2.05) is 6.07 Å². The number of hydrogen-bond donors (Lipinski definition) is 2. The van der Waals surface area contributed by atoms with Gasteiger partial charge in [0.05, 0.1) is 6.10 Å². The molecule has 0 bridgehead atoms. The second-order valence-electron chi connectivity index (χ2n) is 5.13. The Balaban J connectivity index is 1.98. The fourth-order valence-corrected chi connectivity index (χ4v) is 2.42. The van der Waals surface area contributed by atoms with Gasteiger partial charge < -0.3 is 10.8 Å². The van der Waals surface area contributed by atoms with Crippen molar-refractivity contribution >= 4 is 0 Å². The van der Waals surface area contributed by atoms with Crippen molar-refractivity contribution < 1.29 is 5.11 Å². The third kappa shape index (κ3) is 3.28. The van der Waals surface area contributed by atoms with E-state index in [1.165, 1.54) is 5.56 Å². The number of aliphatic hydroxyl groups is 1. The summed E-state index contributed by atoms with van der Waals surface area (Å²) in [5.41, 5.74) is 7.29. The van der Waals surface area contributed by atoms with Crippen molar-refractivity contribution in [1.82, 2.24) is 4.90 Å². The van der Waals surface area contributed by atoms with Gasteiger partial charge in [0.15, 0.2) is 0 Å². The van der Waals surface area contributed by atoms with Gasteiger partial charge in [-0.2, -0.15) is 0 Å². The Kier molecular flexibility index (Phi) is 4.15. The maximum Gasteiger partial charge on any atom is 0.0820 e. The summed E-state index contributed by atoms with van der Waals surface area (Å²) < 4.78 is 0. The number of hydrogen-bond acceptors (Lipinski definition) is 3. The molecular weight excluding hydrogens is 212 g/mol. The summed E-state index contributed by atoms with van der Waals surface area (Å²) in [6, 6.07) is 10.3. The van der Waals surface area contributed by atoms with Gasteiger partial charge in [0, 0.05) is 19.1 Å². The second kappa shape index (κ2) is 5.63. The molecule has 17 heavy (non-hydrogen) atoms. The average molecular weight is 234 g/mol. The fraction of sp³-hybridized carbons (Fsp3) is 0.571. The highest BCUT2D eigenvalue weighted by Crippen LogP contribution is 2.18. The lowest BCUT2D eigenvalue weighted by atomic mass is 9.96. The molecule has 3 N–H and O–H groups in total. The third-order valence-corrected chi connectivity index (χ3v) is 3.70. The molecule has 0 aromatic heterocycles. The Bertz CT molecular complexity index is 341. The fourth-order valence-electron chi connectivity index (χ4n) is 2.42. The van der Waals surface area contributed by atoms with E-state index in [0.717, 1.165) is 19.5 Å². The number of β-amino-alcohol motifs (C(OH)–C–C–N with tert-alkyl or cyclic N) is 1. The molecule has 3 atom stereocenters. The van der Waals surface area contributed by atoms with E-state index < -0.39 is 6.10 Å². The molecule has 1 fully saturated rings. The molecule has 0 unspecified atom stereocenters. The lowest BCUT2D eigenvalue weighted by Gasteiger charge is -2.23. The van der Waals surface area contributed by atoms with Crippen molar-refractivity contribution in [1.29, 1.82) is 0 Å². The smallest absolute Gasteiger partial charge is 0.0820 e. The molecule has 3 nitrogen and oxygen atoms in total. The number of nitrogens with two attached hydrogens (primary N) is 1. The SMILES string of the molecule is C[C@@H]1CCN(Cc2ccccc2)C[C@H](O)[C@H]1N. The van der Waals surface area contributed by atoms with Gasteiger partial charge in [0.1, 0.15) is 0 Å². The zero-order valence-electron chi connectivity index (χ0n) is 10.4. The lowest BCUT2D eigenvalue weighted by molar-refractivity contribution is 0.0964. The van der Waals surface area contributed by atoms with Crippen LogP contribution in [0.4, 0.5) is 0 Å². The van der Waals surface area contributed by atoms with Crippen LogP contribution in [0.1, 0.15) is 18.9 Å². The summed E-state index contributed by atoms with van der Waals surface area (Å²) in [6.45, 7) is 4.72. The molecule has 0 radical (unpaired) electrons. The van der Waals surface area contributed by atoms with E-state index >= 15 is 0 Å². The monoisotopic (exact) mass is 234 g/mol. The van der Waals surface area contributed by atoms with Crippen LogP contribution in [0.5, 0.6) is 0 Å². The van der Waals surface area contributed by atoms with Crippen molar-refractivity contribution in [2.45, 2.75) is 32.0 Å². The molecule has 1 aliphatic rings. The number of aliphatic hydroxyl groups excluding tert-OH is 1. The first-order valence-corrected chi connectivity index (χ1v) is 6.36. The molecule has 0 saturated carbocycles. The molecule has 1 aromatic rings. The highest BCUT2D eigenvalue weighted by molar-refractivity contribution is 5.14. The van der Waals surface area contributed by atoms with E-state index in [4.69, 9.17) is 5.73 Å². The summed E-state index contributed by atoms with van der Waals surface area (Å²) in [5.74, 6) is 0.394. The Morgan fingerprint density at radius 1 is 1.35 bits per heavy atom. The number of likely N-dealkylation sites (tertiary alicyclic amines) is 1. The molecule has 1 saturated heterocycles. The summed E-state index contributed by atoms with van der Waals surface area (Å²) in [7, 11) is 0. The molecule has 94 valence electrons. The molecule has 0 aliphatic carbocycles. The largest absolute Gasteiger partial charge is 0.390 e. The first-order chi connectivity index (χ1) is 8.16. The van der Waals surface area contributed by atoms with Gasteiger partial charge in [-0.05, 0) is 24.4 Å². The summed E-state index contributed by atoms with van der Waals surface area (Å²) in [5, 5.41) is 10.0. The average Bonchev–Trinajstić information content (AvgIpc) is 2.45. The van der Waals surface area contributed by atoms with E-state index in [2.05, 4.69) is 36.1 Å². The van der Waals surface area contributed by atoms with E-state index in [1.54, 1.807) is 0 Å². The van der Waals surface area contributed by atoms with Gasteiger partial charge in [-0.15, -0.1) is 0 Å². The molecule has 1 aromatic carbocycles. The zero-order valence-corrected chi connectivity index (χ0v) is 10.4. The summed E-state index contributed by atoms with van der Waals surface area (Å²) >= 11 is 0. The zero-order chi connectivity index (χ0) is 12.3. The van der Waals surface area contributed by atoms with Crippen molar-refractivity contribution in [3.8, 4) is 0 Å². The lowest BCUT2D eigenvalue weighted by Crippen LogP contribution is -2.43. The van der Waals surface area contributed by atoms with Crippen molar-refractivity contribution in [2.75, 3.05) is 13.1 Å². The maximum absolute atomic E-state index is 10.0. The van der Waals surface area contributed by atoms with Crippen LogP contribution in [0.25, 0.3) is 0 Å². The van der Waals surface area contributed by atoms with Crippen molar-refractivity contribution in [3.63, 3.8) is 0 Å². The van der Waals surface area contributed by atoms with Crippen molar-refractivity contribution in [3.05, 3.63) is 35.9 Å². The predicted molar refractivity (Wildman–Crippen MR) is 69.5 cm³/mol. The Labute approximate surface area is 103 Å². The highest BCUT2D eigenvalue weighted by atomic mass is 16.3. The van der Waals surface area contributed by atoms with Gasteiger partial charge in [-0.25, -0.2) is 0 Å². The minimum absolute atomic E-state index is 0.0872. The quantitative estimate of drug-likeness (QED) is 0.809. The number of rotatable bonds is 2. The third-order valence-electron chi connectivity index (χ3n) is 3.70.